The van der Waals surface area contributed by atoms with Gasteiger partial charge in [-0.25, -0.2) is 0 Å². The highest BCUT2D eigenvalue weighted by molar-refractivity contribution is 7.80. The Morgan fingerprint density at radius 3 is 2.50 bits per heavy atom. The first-order chi connectivity index (χ1) is 16.4. The molecule has 0 saturated carbocycles. The minimum absolute atomic E-state index is 0.104. The van der Waals surface area contributed by atoms with Crippen molar-refractivity contribution in [2.24, 2.45) is 0 Å². The molecule has 2 aromatic carbocycles. The fourth-order valence-electron chi connectivity index (χ4n) is 3.84. The lowest BCUT2D eigenvalue weighted by atomic mass is 10.2. The number of para-hydroxylation sites is 1. The number of piperazine rings is 1. The Morgan fingerprint density at radius 1 is 1.03 bits per heavy atom. The number of hydrogen-bond acceptors (Lipinski definition) is 5. The summed E-state index contributed by atoms with van der Waals surface area (Å²) in [6, 6.07) is 13.9. The van der Waals surface area contributed by atoms with E-state index >= 15 is 0 Å². The van der Waals surface area contributed by atoms with Crippen molar-refractivity contribution in [3.8, 4) is 11.3 Å². The number of benzene rings is 2. The first kappa shape index (κ1) is 24.8. The molecular formula is C24H23Cl3N4O2S. The summed E-state index contributed by atoms with van der Waals surface area (Å²) in [5.74, 6) is 0.0789. The zero-order valence-electron chi connectivity index (χ0n) is 18.4. The number of thiocarbonyl (C=S) groups is 1. The summed E-state index contributed by atoms with van der Waals surface area (Å²) in [4.78, 5) is 17.3. The number of likely N-dealkylation sites (N-methyl/N-ethyl adjacent to an activating group) is 1. The van der Waals surface area contributed by atoms with Crippen molar-refractivity contribution in [1.82, 2.24) is 10.2 Å². The van der Waals surface area contributed by atoms with E-state index in [9.17, 15) is 4.79 Å². The second-order valence-corrected chi connectivity index (χ2v) is 9.41. The number of anilines is 2. The molecule has 1 aromatic heterocycles. The van der Waals surface area contributed by atoms with Crippen LogP contribution in [-0.4, -0.2) is 48.6 Å². The molecule has 2 heterocycles. The van der Waals surface area contributed by atoms with Gasteiger partial charge >= 0.3 is 0 Å². The third kappa shape index (κ3) is 5.67. The van der Waals surface area contributed by atoms with Gasteiger partial charge in [-0.05, 0) is 61.2 Å². The predicted molar refractivity (Wildman–Crippen MR) is 144 cm³/mol. The Labute approximate surface area is 218 Å². The molecule has 1 fully saturated rings. The highest BCUT2D eigenvalue weighted by atomic mass is 35.5. The molecule has 1 saturated heterocycles. The molecule has 34 heavy (non-hydrogen) atoms. The highest BCUT2D eigenvalue weighted by Crippen LogP contribution is 2.35. The van der Waals surface area contributed by atoms with Crippen molar-refractivity contribution in [2.45, 2.75) is 6.92 Å². The van der Waals surface area contributed by atoms with E-state index in [1.807, 2.05) is 18.2 Å². The van der Waals surface area contributed by atoms with Crippen molar-refractivity contribution in [3.05, 3.63) is 69.4 Å². The predicted octanol–water partition coefficient (Wildman–Crippen LogP) is 6.18. The first-order valence-electron chi connectivity index (χ1n) is 10.8. The Morgan fingerprint density at radius 2 is 1.79 bits per heavy atom. The summed E-state index contributed by atoms with van der Waals surface area (Å²) >= 11 is 24.1. The monoisotopic (exact) mass is 536 g/mol. The number of carbonyl (C=O) groups is 1. The van der Waals surface area contributed by atoms with Gasteiger partial charge in [0.05, 0.1) is 21.4 Å². The van der Waals surface area contributed by atoms with Gasteiger partial charge < -0.3 is 19.5 Å². The lowest BCUT2D eigenvalue weighted by molar-refractivity contribution is 0.0951. The standard InChI is InChI=1S/C24H23Cl3N4O2S/c1-2-30-10-12-31(13-11-30)22-17(26)4-3-5-19(22)28-24(34)29-23(32)21-9-8-20(33-21)16-7-6-15(25)14-18(16)27/h3-9,14H,2,10-13H2,1H3,(H2,28,29,32,34). The molecule has 4 rings (SSSR count). The van der Waals surface area contributed by atoms with Crippen LogP contribution in [0, 0.1) is 0 Å². The minimum atomic E-state index is -0.478. The molecule has 0 atom stereocenters. The van der Waals surface area contributed by atoms with E-state index in [4.69, 9.17) is 51.4 Å². The lowest BCUT2D eigenvalue weighted by Crippen LogP contribution is -2.46. The maximum Gasteiger partial charge on any atom is 0.293 e. The molecule has 0 radical (unpaired) electrons. The Kier molecular flexibility index (Phi) is 8.01. The van der Waals surface area contributed by atoms with Crippen LogP contribution in [0.3, 0.4) is 0 Å². The summed E-state index contributed by atoms with van der Waals surface area (Å²) in [6.07, 6.45) is 0. The second-order valence-electron chi connectivity index (χ2n) is 7.75. The van der Waals surface area contributed by atoms with E-state index in [1.54, 1.807) is 30.3 Å². The zero-order valence-corrected chi connectivity index (χ0v) is 21.5. The molecule has 1 aliphatic heterocycles. The molecule has 0 spiro atoms. The van der Waals surface area contributed by atoms with Crippen LogP contribution < -0.4 is 15.5 Å². The molecule has 3 aromatic rings. The van der Waals surface area contributed by atoms with Gasteiger partial charge in [-0.3, -0.25) is 10.1 Å². The largest absolute Gasteiger partial charge is 0.451 e. The van der Waals surface area contributed by atoms with Crippen molar-refractivity contribution < 1.29 is 9.21 Å². The van der Waals surface area contributed by atoms with Crippen LogP contribution in [0.25, 0.3) is 11.3 Å². The summed E-state index contributed by atoms with van der Waals surface area (Å²) < 4.78 is 5.70. The topological polar surface area (TPSA) is 60.8 Å². The van der Waals surface area contributed by atoms with Gasteiger partial charge in [0.1, 0.15) is 5.76 Å². The Balaban J connectivity index is 1.44. The average molecular weight is 538 g/mol. The van der Waals surface area contributed by atoms with Gasteiger partial charge in [-0.15, -0.1) is 0 Å². The molecule has 0 unspecified atom stereocenters. The summed E-state index contributed by atoms with van der Waals surface area (Å²) in [5, 5.41) is 7.49. The molecular weight excluding hydrogens is 515 g/mol. The number of carbonyl (C=O) groups excluding carboxylic acids is 1. The van der Waals surface area contributed by atoms with Crippen molar-refractivity contribution >= 4 is 69.4 Å². The molecule has 1 amide bonds. The quantitative estimate of drug-likeness (QED) is 0.379. The maximum absolute atomic E-state index is 12.7. The molecule has 2 N–H and O–H groups in total. The van der Waals surface area contributed by atoms with Crippen LogP contribution in [0.2, 0.25) is 15.1 Å². The van der Waals surface area contributed by atoms with Gasteiger partial charge in [0, 0.05) is 36.8 Å². The van der Waals surface area contributed by atoms with E-state index in [-0.39, 0.29) is 10.9 Å². The molecule has 0 aliphatic carbocycles. The number of furan rings is 1. The van der Waals surface area contributed by atoms with Gasteiger partial charge in [-0.2, -0.15) is 0 Å². The highest BCUT2D eigenvalue weighted by Gasteiger charge is 2.22. The van der Waals surface area contributed by atoms with Crippen LogP contribution in [0.1, 0.15) is 17.5 Å². The number of hydrogen-bond donors (Lipinski definition) is 2. The van der Waals surface area contributed by atoms with E-state index in [1.165, 1.54) is 0 Å². The third-order valence-corrected chi connectivity index (χ3v) is 6.68. The summed E-state index contributed by atoms with van der Waals surface area (Å²) in [6.45, 7) is 6.81. The van der Waals surface area contributed by atoms with Gasteiger partial charge in [0.25, 0.3) is 5.91 Å². The fraction of sp³-hybridized carbons (Fsp3) is 0.250. The smallest absolute Gasteiger partial charge is 0.293 e. The van der Waals surface area contributed by atoms with Crippen LogP contribution >= 0.6 is 47.0 Å². The van der Waals surface area contributed by atoms with E-state index in [0.717, 1.165) is 44.1 Å². The Hall–Kier alpha value is -2.29. The number of nitrogens with one attached hydrogen (secondary N) is 2. The van der Waals surface area contributed by atoms with Crippen LogP contribution in [-0.2, 0) is 0 Å². The van der Waals surface area contributed by atoms with Crippen LogP contribution in [0.15, 0.2) is 52.9 Å². The lowest BCUT2D eigenvalue weighted by Gasteiger charge is -2.37. The molecule has 10 heteroatoms. The van der Waals surface area contributed by atoms with Gasteiger partial charge in [-0.1, -0.05) is 47.8 Å². The number of nitrogens with zero attached hydrogens (tertiary/aromatic N) is 2. The molecule has 1 aliphatic rings. The fourth-order valence-corrected chi connectivity index (χ4v) is 4.84. The summed E-state index contributed by atoms with van der Waals surface area (Å²) in [7, 11) is 0. The van der Waals surface area contributed by atoms with E-state index < -0.39 is 5.91 Å². The van der Waals surface area contributed by atoms with Crippen LogP contribution in [0.5, 0.6) is 0 Å². The second kappa shape index (κ2) is 11.0. The number of halogens is 3. The third-order valence-electron chi connectivity index (χ3n) is 5.62. The zero-order chi connectivity index (χ0) is 24.2. The van der Waals surface area contributed by atoms with E-state index in [0.29, 0.717) is 26.4 Å². The molecule has 178 valence electrons. The van der Waals surface area contributed by atoms with Crippen molar-refractivity contribution in [1.29, 1.82) is 0 Å². The van der Waals surface area contributed by atoms with Crippen molar-refractivity contribution in [3.63, 3.8) is 0 Å². The summed E-state index contributed by atoms with van der Waals surface area (Å²) in [5.41, 5.74) is 2.24. The van der Waals surface area contributed by atoms with Crippen molar-refractivity contribution in [2.75, 3.05) is 42.9 Å². The molecule has 6 nitrogen and oxygen atoms in total. The maximum atomic E-state index is 12.7. The number of rotatable bonds is 5. The Bertz CT molecular complexity index is 1210. The van der Waals surface area contributed by atoms with E-state index in [2.05, 4.69) is 27.4 Å². The minimum Gasteiger partial charge on any atom is -0.451 e. The normalized spacial score (nSPS) is 14.2. The first-order valence-corrected chi connectivity index (χ1v) is 12.3. The SMILES string of the molecule is CCN1CCN(c2c(Cl)cccc2NC(=S)NC(=O)c2ccc(-c3ccc(Cl)cc3Cl)o2)CC1. The van der Waals surface area contributed by atoms with Gasteiger partial charge in [0.15, 0.2) is 10.9 Å². The number of amides is 1. The van der Waals surface area contributed by atoms with Gasteiger partial charge in [0.2, 0.25) is 0 Å². The average Bonchev–Trinajstić information content (AvgIpc) is 3.29. The molecule has 0 bridgehead atoms. The van der Waals surface area contributed by atoms with Crippen LogP contribution in [0.4, 0.5) is 11.4 Å².